The Hall–Kier alpha value is -2.01. The predicted octanol–water partition coefficient (Wildman–Crippen LogP) is 2.05. The van der Waals surface area contributed by atoms with Gasteiger partial charge in [0.1, 0.15) is 5.75 Å². The minimum atomic E-state index is -0.136. The van der Waals surface area contributed by atoms with Crippen molar-refractivity contribution in [3.63, 3.8) is 0 Å². The highest BCUT2D eigenvalue weighted by molar-refractivity contribution is 6.31. The molecule has 6 heteroatoms. The van der Waals surface area contributed by atoms with Gasteiger partial charge in [-0.1, -0.05) is 17.7 Å². The number of hydrogen-bond acceptors (Lipinski definition) is 3. The number of nitrogens with one attached hydrogen (secondary N) is 1. The Balaban J connectivity index is 1.88. The van der Waals surface area contributed by atoms with E-state index in [1.54, 1.807) is 31.1 Å². The maximum atomic E-state index is 11.8. The minimum Gasteiger partial charge on any atom is -0.497 e. The zero-order chi connectivity index (χ0) is 14.5. The summed E-state index contributed by atoms with van der Waals surface area (Å²) in [6.45, 7) is 0.514. The number of rotatable bonds is 5. The first-order chi connectivity index (χ1) is 9.60. The van der Waals surface area contributed by atoms with E-state index in [9.17, 15) is 4.79 Å². The van der Waals surface area contributed by atoms with Gasteiger partial charge in [0.25, 0.3) is 5.91 Å². The van der Waals surface area contributed by atoms with Crippen molar-refractivity contribution in [3.8, 4) is 5.75 Å². The summed E-state index contributed by atoms with van der Waals surface area (Å²) in [5, 5.41) is 7.43. The highest BCUT2D eigenvalue weighted by Gasteiger charge is 2.08. The topological polar surface area (TPSA) is 56.1 Å². The number of aromatic nitrogens is 2. The molecule has 20 heavy (non-hydrogen) atoms. The molecule has 1 heterocycles. The number of hydrogen-bond donors (Lipinski definition) is 1. The third kappa shape index (κ3) is 3.51. The van der Waals surface area contributed by atoms with Gasteiger partial charge < -0.3 is 10.1 Å². The molecule has 0 unspecified atom stereocenters. The molecule has 106 valence electrons. The Morgan fingerprint density at radius 2 is 2.30 bits per heavy atom. The largest absolute Gasteiger partial charge is 0.497 e. The van der Waals surface area contributed by atoms with Crippen LogP contribution in [0.3, 0.4) is 0 Å². The van der Waals surface area contributed by atoms with E-state index in [2.05, 4.69) is 10.4 Å². The van der Waals surface area contributed by atoms with Crippen molar-refractivity contribution in [3.05, 3.63) is 46.7 Å². The fourth-order valence-electron chi connectivity index (χ4n) is 1.81. The summed E-state index contributed by atoms with van der Waals surface area (Å²) in [5.74, 6) is 0.584. The standard InChI is InChI=1S/C14H16ClN3O2/c1-18-9-11(8-17-18)14(19)16-6-5-10-3-4-12(20-2)7-13(10)15/h3-4,7-9H,5-6H2,1-2H3,(H,16,19). The number of halogens is 1. The van der Waals surface area contributed by atoms with Gasteiger partial charge in [-0.3, -0.25) is 9.48 Å². The highest BCUT2D eigenvalue weighted by atomic mass is 35.5. The Kier molecular flexibility index (Phi) is 4.63. The van der Waals surface area contributed by atoms with E-state index >= 15 is 0 Å². The molecule has 5 nitrogen and oxygen atoms in total. The summed E-state index contributed by atoms with van der Waals surface area (Å²) in [5.41, 5.74) is 1.52. The third-order valence-electron chi connectivity index (χ3n) is 2.91. The van der Waals surface area contributed by atoms with Crippen LogP contribution in [0.15, 0.2) is 30.6 Å². The maximum Gasteiger partial charge on any atom is 0.254 e. The lowest BCUT2D eigenvalue weighted by molar-refractivity contribution is 0.0954. The van der Waals surface area contributed by atoms with Crippen LogP contribution in [0.25, 0.3) is 0 Å². The normalized spacial score (nSPS) is 10.3. The maximum absolute atomic E-state index is 11.8. The lowest BCUT2D eigenvalue weighted by Crippen LogP contribution is -2.25. The van der Waals surface area contributed by atoms with E-state index in [1.807, 2.05) is 12.1 Å². The molecule has 0 aliphatic carbocycles. The first-order valence-electron chi connectivity index (χ1n) is 6.19. The summed E-state index contributed by atoms with van der Waals surface area (Å²) in [4.78, 5) is 11.8. The number of carbonyl (C=O) groups excluding carboxylic acids is 1. The van der Waals surface area contributed by atoms with Gasteiger partial charge in [0.15, 0.2) is 0 Å². The number of ether oxygens (including phenoxy) is 1. The van der Waals surface area contributed by atoms with Crippen molar-refractivity contribution in [1.29, 1.82) is 0 Å². The molecule has 0 saturated heterocycles. The molecule has 1 N–H and O–H groups in total. The molecule has 1 aromatic carbocycles. The molecule has 1 amide bonds. The van der Waals surface area contributed by atoms with Crippen LogP contribution >= 0.6 is 11.6 Å². The van der Waals surface area contributed by atoms with Gasteiger partial charge in [0, 0.05) is 24.8 Å². The van der Waals surface area contributed by atoms with Gasteiger partial charge in [0.05, 0.1) is 18.9 Å². The smallest absolute Gasteiger partial charge is 0.254 e. The predicted molar refractivity (Wildman–Crippen MR) is 77.2 cm³/mol. The fourth-order valence-corrected chi connectivity index (χ4v) is 2.07. The van der Waals surface area contributed by atoms with Gasteiger partial charge >= 0.3 is 0 Å². The van der Waals surface area contributed by atoms with E-state index in [0.29, 0.717) is 23.6 Å². The van der Waals surface area contributed by atoms with Crippen LogP contribution in [-0.2, 0) is 13.5 Å². The highest BCUT2D eigenvalue weighted by Crippen LogP contribution is 2.22. The molecule has 0 fully saturated rings. The zero-order valence-electron chi connectivity index (χ0n) is 11.4. The molecule has 2 rings (SSSR count). The number of benzene rings is 1. The van der Waals surface area contributed by atoms with Crippen LogP contribution in [0, 0.1) is 0 Å². The van der Waals surface area contributed by atoms with Crippen LogP contribution in [-0.4, -0.2) is 29.3 Å². The van der Waals surface area contributed by atoms with Gasteiger partial charge in [-0.15, -0.1) is 0 Å². The van der Waals surface area contributed by atoms with Crippen LogP contribution in [0.4, 0.5) is 0 Å². The number of carbonyl (C=O) groups is 1. The van der Waals surface area contributed by atoms with Gasteiger partial charge in [-0.05, 0) is 24.1 Å². The van der Waals surface area contributed by atoms with Crippen LogP contribution < -0.4 is 10.1 Å². The third-order valence-corrected chi connectivity index (χ3v) is 3.26. The molecule has 0 aliphatic heterocycles. The molecule has 1 aromatic heterocycles. The molecule has 2 aromatic rings. The zero-order valence-corrected chi connectivity index (χ0v) is 12.1. The average molecular weight is 294 g/mol. The fraction of sp³-hybridized carbons (Fsp3) is 0.286. The first kappa shape index (κ1) is 14.4. The van der Waals surface area contributed by atoms with Crippen LogP contribution in [0.2, 0.25) is 5.02 Å². The number of aryl methyl sites for hydroxylation is 1. The molecule has 0 bridgehead atoms. The van der Waals surface area contributed by atoms with Crippen molar-refractivity contribution >= 4 is 17.5 Å². The summed E-state index contributed by atoms with van der Waals surface area (Å²) < 4.78 is 6.68. The summed E-state index contributed by atoms with van der Waals surface area (Å²) >= 11 is 6.14. The number of nitrogens with zero attached hydrogens (tertiary/aromatic N) is 2. The van der Waals surface area contributed by atoms with E-state index in [4.69, 9.17) is 16.3 Å². The Morgan fingerprint density at radius 3 is 2.90 bits per heavy atom. The quantitative estimate of drug-likeness (QED) is 0.918. The monoisotopic (exact) mass is 293 g/mol. The van der Waals surface area contributed by atoms with E-state index in [1.165, 1.54) is 6.20 Å². The summed E-state index contributed by atoms with van der Waals surface area (Å²) in [6.07, 6.45) is 3.88. The van der Waals surface area contributed by atoms with Gasteiger partial charge in [-0.25, -0.2) is 0 Å². The number of methoxy groups -OCH3 is 1. The van der Waals surface area contributed by atoms with Crippen molar-refractivity contribution in [2.24, 2.45) is 7.05 Å². The lowest BCUT2D eigenvalue weighted by atomic mass is 10.1. The molecule has 0 aliphatic rings. The second-order valence-electron chi connectivity index (χ2n) is 4.37. The van der Waals surface area contributed by atoms with E-state index in [0.717, 1.165) is 11.3 Å². The molecule has 0 saturated carbocycles. The van der Waals surface area contributed by atoms with E-state index in [-0.39, 0.29) is 5.91 Å². The molecular weight excluding hydrogens is 278 g/mol. The first-order valence-corrected chi connectivity index (χ1v) is 6.57. The second-order valence-corrected chi connectivity index (χ2v) is 4.77. The van der Waals surface area contributed by atoms with E-state index < -0.39 is 0 Å². The Morgan fingerprint density at radius 1 is 1.50 bits per heavy atom. The van der Waals surface area contributed by atoms with Crippen molar-refractivity contribution in [2.75, 3.05) is 13.7 Å². The van der Waals surface area contributed by atoms with Crippen LogP contribution in [0.1, 0.15) is 15.9 Å². The number of amides is 1. The summed E-state index contributed by atoms with van der Waals surface area (Å²) in [6, 6.07) is 5.52. The van der Waals surface area contributed by atoms with Gasteiger partial charge in [-0.2, -0.15) is 5.10 Å². The van der Waals surface area contributed by atoms with Crippen molar-refractivity contribution in [1.82, 2.24) is 15.1 Å². The van der Waals surface area contributed by atoms with Crippen LogP contribution in [0.5, 0.6) is 5.75 Å². The Bertz CT molecular complexity index is 610. The SMILES string of the molecule is COc1ccc(CCNC(=O)c2cnn(C)c2)c(Cl)c1. The van der Waals surface area contributed by atoms with Gasteiger partial charge in [0.2, 0.25) is 0 Å². The minimum absolute atomic E-state index is 0.136. The molecule has 0 spiro atoms. The second kappa shape index (κ2) is 6.43. The van der Waals surface area contributed by atoms with Crippen molar-refractivity contribution < 1.29 is 9.53 Å². The molecule has 0 atom stereocenters. The van der Waals surface area contributed by atoms with Crippen molar-refractivity contribution in [2.45, 2.75) is 6.42 Å². The lowest BCUT2D eigenvalue weighted by Gasteiger charge is -2.07. The molecular formula is C14H16ClN3O2. The average Bonchev–Trinajstić information content (AvgIpc) is 2.87. The molecule has 0 radical (unpaired) electrons. The summed E-state index contributed by atoms with van der Waals surface area (Å²) in [7, 11) is 3.37. The Labute approximate surface area is 122 Å².